The molecule has 2 rings (SSSR count). The Morgan fingerprint density at radius 1 is 1.31 bits per heavy atom. The topological polar surface area (TPSA) is 60.9 Å². The highest BCUT2D eigenvalue weighted by Crippen LogP contribution is 2.24. The molecule has 0 aliphatic carbocycles. The minimum Gasteiger partial charge on any atom is -0.398 e. The Kier molecular flexibility index (Phi) is 2.66. The highest BCUT2D eigenvalue weighted by Gasteiger charge is 2.03. The van der Waals surface area contributed by atoms with Gasteiger partial charge in [-0.3, -0.25) is 4.79 Å². The van der Waals surface area contributed by atoms with Gasteiger partial charge in [0.05, 0.1) is 16.4 Å². The van der Waals surface area contributed by atoms with Gasteiger partial charge < -0.3 is 5.73 Å². The van der Waals surface area contributed by atoms with Crippen molar-refractivity contribution in [1.82, 2.24) is 9.78 Å². The van der Waals surface area contributed by atoms with Crippen molar-refractivity contribution >= 4 is 17.3 Å². The molecule has 2 N–H and O–H groups in total. The molecule has 0 amide bonds. The van der Waals surface area contributed by atoms with Gasteiger partial charge >= 0.3 is 0 Å². The summed E-state index contributed by atoms with van der Waals surface area (Å²) in [6.07, 6.45) is 0. The largest absolute Gasteiger partial charge is 0.398 e. The lowest BCUT2D eigenvalue weighted by molar-refractivity contribution is 0.712. The van der Waals surface area contributed by atoms with E-state index in [0.29, 0.717) is 16.4 Å². The maximum Gasteiger partial charge on any atom is 0.266 e. The van der Waals surface area contributed by atoms with E-state index in [4.69, 9.17) is 17.3 Å². The number of anilines is 1. The van der Waals surface area contributed by atoms with E-state index >= 15 is 0 Å². The van der Waals surface area contributed by atoms with E-state index < -0.39 is 0 Å². The summed E-state index contributed by atoms with van der Waals surface area (Å²) in [6.45, 7) is 0. The van der Waals surface area contributed by atoms with Crippen molar-refractivity contribution in [2.24, 2.45) is 7.05 Å². The summed E-state index contributed by atoms with van der Waals surface area (Å²) >= 11 is 5.82. The first-order valence-electron chi connectivity index (χ1n) is 4.67. The number of halogens is 1. The minimum atomic E-state index is -0.148. The summed E-state index contributed by atoms with van der Waals surface area (Å²) < 4.78 is 1.28. The van der Waals surface area contributed by atoms with Crippen LogP contribution in [-0.4, -0.2) is 9.78 Å². The van der Waals surface area contributed by atoms with E-state index in [1.807, 2.05) is 6.07 Å². The molecule has 4 nitrogen and oxygen atoms in total. The Hall–Kier alpha value is -1.81. The molecule has 0 saturated carbocycles. The van der Waals surface area contributed by atoms with Gasteiger partial charge in [0.2, 0.25) is 0 Å². The maximum atomic E-state index is 11.2. The van der Waals surface area contributed by atoms with E-state index in [1.54, 1.807) is 25.2 Å². The molecular formula is C11H10ClN3O. The zero-order chi connectivity index (χ0) is 11.7. The number of hydrogen-bond acceptors (Lipinski definition) is 3. The molecule has 16 heavy (non-hydrogen) atoms. The van der Waals surface area contributed by atoms with Crippen LogP contribution in [0.4, 0.5) is 5.69 Å². The molecule has 0 bridgehead atoms. The summed E-state index contributed by atoms with van der Waals surface area (Å²) in [4.78, 5) is 11.2. The quantitative estimate of drug-likeness (QED) is 0.765. The van der Waals surface area contributed by atoms with Crippen LogP contribution in [0.15, 0.2) is 35.1 Å². The van der Waals surface area contributed by atoms with E-state index in [0.717, 1.165) is 5.56 Å². The van der Waals surface area contributed by atoms with Crippen molar-refractivity contribution in [2.75, 3.05) is 5.73 Å². The van der Waals surface area contributed by atoms with Gasteiger partial charge in [0.1, 0.15) is 0 Å². The van der Waals surface area contributed by atoms with E-state index in [1.165, 1.54) is 10.7 Å². The fourth-order valence-corrected chi connectivity index (χ4v) is 1.48. The Labute approximate surface area is 97.3 Å². The van der Waals surface area contributed by atoms with Crippen LogP contribution >= 0.6 is 11.6 Å². The molecule has 0 radical (unpaired) electrons. The molecule has 0 spiro atoms. The number of nitrogen functional groups attached to an aromatic ring is 1. The smallest absolute Gasteiger partial charge is 0.266 e. The van der Waals surface area contributed by atoms with Crippen molar-refractivity contribution in [1.29, 1.82) is 0 Å². The second-order valence-electron chi connectivity index (χ2n) is 3.42. The third kappa shape index (κ3) is 1.92. The lowest BCUT2D eigenvalue weighted by atomic mass is 10.1. The Balaban J connectivity index is 2.54. The predicted octanol–water partition coefficient (Wildman–Crippen LogP) is 1.68. The summed E-state index contributed by atoms with van der Waals surface area (Å²) in [5, 5.41) is 4.63. The van der Waals surface area contributed by atoms with Crippen molar-refractivity contribution in [3.05, 3.63) is 45.7 Å². The van der Waals surface area contributed by atoms with Gasteiger partial charge in [0, 0.05) is 18.7 Å². The Morgan fingerprint density at radius 2 is 2.06 bits per heavy atom. The standard InChI is InChI=1S/C11H10ClN3O/c1-15-11(16)5-4-10(14-15)7-2-3-8(12)9(13)6-7/h2-6H,13H2,1H3. The normalized spacial score (nSPS) is 10.4. The Bertz CT molecular complexity index is 592. The maximum absolute atomic E-state index is 11.2. The summed E-state index contributed by atoms with van der Waals surface area (Å²) in [5.74, 6) is 0. The third-order valence-corrected chi connectivity index (χ3v) is 2.60. The zero-order valence-electron chi connectivity index (χ0n) is 8.64. The number of benzene rings is 1. The average molecular weight is 236 g/mol. The third-order valence-electron chi connectivity index (χ3n) is 2.25. The van der Waals surface area contributed by atoms with Gasteiger partial charge in [-0.15, -0.1) is 0 Å². The highest BCUT2D eigenvalue weighted by atomic mass is 35.5. The first kappa shape index (κ1) is 10.7. The monoisotopic (exact) mass is 235 g/mol. The molecule has 1 aromatic heterocycles. The number of aryl methyl sites for hydroxylation is 1. The first-order valence-corrected chi connectivity index (χ1v) is 5.05. The molecule has 0 aliphatic heterocycles. The average Bonchev–Trinajstić information content (AvgIpc) is 2.26. The van der Waals surface area contributed by atoms with Crippen LogP contribution in [0.5, 0.6) is 0 Å². The number of rotatable bonds is 1. The lowest BCUT2D eigenvalue weighted by Gasteiger charge is -2.04. The minimum absolute atomic E-state index is 0.148. The molecule has 0 fully saturated rings. The molecule has 82 valence electrons. The van der Waals surface area contributed by atoms with Crippen molar-refractivity contribution in [3.63, 3.8) is 0 Å². The second-order valence-corrected chi connectivity index (χ2v) is 3.82. The zero-order valence-corrected chi connectivity index (χ0v) is 9.40. The molecule has 0 aliphatic rings. The van der Waals surface area contributed by atoms with E-state index in [2.05, 4.69) is 5.10 Å². The summed E-state index contributed by atoms with van der Waals surface area (Å²) in [7, 11) is 1.60. The molecule has 0 unspecified atom stereocenters. The van der Waals surface area contributed by atoms with E-state index in [9.17, 15) is 4.79 Å². The molecule has 0 atom stereocenters. The predicted molar refractivity (Wildman–Crippen MR) is 64.3 cm³/mol. The van der Waals surface area contributed by atoms with Crippen LogP contribution < -0.4 is 11.3 Å². The van der Waals surface area contributed by atoms with Crippen LogP contribution in [-0.2, 0) is 7.05 Å². The second kappa shape index (κ2) is 3.98. The fraction of sp³-hybridized carbons (Fsp3) is 0.0909. The Morgan fingerprint density at radius 3 is 2.69 bits per heavy atom. The van der Waals surface area contributed by atoms with Gasteiger partial charge in [0.25, 0.3) is 5.56 Å². The summed E-state index contributed by atoms with van der Waals surface area (Å²) in [5.41, 5.74) is 7.56. The first-order chi connectivity index (χ1) is 7.58. The van der Waals surface area contributed by atoms with Gasteiger partial charge in [-0.2, -0.15) is 5.10 Å². The van der Waals surface area contributed by atoms with Crippen molar-refractivity contribution in [3.8, 4) is 11.3 Å². The van der Waals surface area contributed by atoms with Gasteiger partial charge in [-0.05, 0) is 18.2 Å². The number of aromatic nitrogens is 2. The van der Waals surface area contributed by atoms with Gasteiger partial charge in [0.15, 0.2) is 0 Å². The highest BCUT2D eigenvalue weighted by molar-refractivity contribution is 6.33. The van der Waals surface area contributed by atoms with Gasteiger partial charge in [-0.1, -0.05) is 17.7 Å². The van der Waals surface area contributed by atoms with Crippen LogP contribution in [0, 0.1) is 0 Å². The molecule has 1 heterocycles. The molecule has 5 heteroatoms. The number of nitrogens with zero attached hydrogens (tertiary/aromatic N) is 2. The SMILES string of the molecule is Cn1nc(-c2ccc(Cl)c(N)c2)ccc1=O. The molecular weight excluding hydrogens is 226 g/mol. The van der Waals surface area contributed by atoms with Crippen LogP contribution in [0.1, 0.15) is 0 Å². The van der Waals surface area contributed by atoms with Gasteiger partial charge in [-0.25, -0.2) is 4.68 Å². The van der Waals surface area contributed by atoms with Crippen molar-refractivity contribution in [2.45, 2.75) is 0 Å². The summed E-state index contributed by atoms with van der Waals surface area (Å²) in [6, 6.07) is 8.37. The van der Waals surface area contributed by atoms with Crippen LogP contribution in [0.3, 0.4) is 0 Å². The van der Waals surface area contributed by atoms with Crippen LogP contribution in [0.2, 0.25) is 5.02 Å². The van der Waals surface area contributed by atoms with Crippen molar-refractivity contribution < 1.29 is 0 Å². The van der Waals surface area contributed by atoms with E-state index in [-0.39, 0.29) is 5.56 Å². The number of hydrogen-bond donors (Lipinski definition) is 1. The van der Waals surface area contributed by atoms with Crippen LogP contribution in [0.25, 0.3) is 11.3 Å². The number of nitrogens with two attached hydrogens (primary N) is 1. The fourth-order valence-electron chi connectivity index (χ4n) is 1.36. The molecule has 0 saturated heterocycles. The lowest BCUT2D eigenvalue weighted by Crippen LogP contribution is -2.18. The molecule has 1 aromatic carbocycles. The molecule has 2 aromatic rings.